The molecule has 3 atom stereocenters. The van der Waals surface area contributed by atoms with Crippen molar-refractivity contribution >= 4 is 23.2 Å². The van der Waals surface area contributed by atoms with E-state index >= 15 is 0 Å². The van der Waals surface area contributed by atoms with Gasteiger partial charge in [-0.3, -0.25) is 9.59 Å². The number of nitrogens with one attached hydrogen (secondary N) is 1. The molecule has 102 valence electrons. The van der Waals surface area contributed by atoms with E-state index in [9.17, 15) is 9.59 Å². The van der Waals surface area contributed by atoms with Gasteiger partial charge in [0.2, 0.25) is 5.91 Å². The lowest BCUT2D eigenvalue weighted by Gasteiger charge is -2.25. The molecule has 1 aromatic rings. The van der Waals surface area contributed by atoms with Crippen LogP contribution in [0.25, 0.3) is 0 Å². The van der Waals surface area contributed by atoms with Crippen molar-refractivity contribution in [3.8, 4) is 0 Å². The highest BCUT2D eigenvalue weighted by Gasteiger charge is 2.34. The monoisotopic (exact) mass is 280 g/mol. The third kappa shape index (κ3) is 3.20. The van der Waals surface area contributed by atoms with E-state index in [0.29, 0.717) is 12.8 Å². The lowest BCUT2D eigenvalue weighted by molar-refractivity contribution is -0.147. The van der Waals surface area contributed by atoms with Gasteiger partial charge in [0.1, 0.15) is 5.01 Å². The van der Waals surface area contributed by atoms with Crippen LogP contribution in [-0.4, -0.2) is 22.0 Å². The van der Waals surface area contributed by atoms with Crippen LogP contribution in [0.2, 0.25) is 0 Å². The van der Waals surface area contributed by atoms with Crippen LogP contribution in [0.3, 0.4) is 0 Å². The van der Waals surface area contributed by atoms with E-state index in [2.05, 4.69) is 10.3 Å². The Bertz CT molecular complexity index is 484. The summed E-state index contributed by atoms with van der Waals surface area (Å²) in [5.74, 6) is -2.25. The minimum absolute atomic E-state index is 0.187. The van der Waals surface area contributed by atoms with Gasteiger partial charge < -0.3 is 10.4 Å². The lowest BCUT2D eigenvalue weighted by Crippen LogP contribution is -2.39. The van der Waals surface area contributed by atoms with Crippen LogP contribution in [0, 0.1) is 11.8 Å². The zero-order valence-corrected chi connectivity index (χ0v) is 11.4. The Labute approximate surface area is 115 Å². The Balaban J connectivity index is 2.02. The number of allylic oxidation sites excluding steroid dienone is 2. The molecule has 5 nitrogen and oxygen atoms in total. The maximum atomic E-state index is 12.2. The van der Waals surface area contributed by atoms with Crippen molar-refractivity contribution in [1.82, 2.24) is 10.3 Å². The number of carboxylic acids is 1. The number of carbonyl (C=O) groups excluding carboxylic acids is 1. The number of amides is 1. The number of rotatable bonds is 4. The summed E-state index contributed by atoms with van der Waals surface area (Å²) in [5.41, 5.74) is 0. The van der Waals surface area contributed by atoms with Gasteiger partial charge in [-0.25, -0.2) is 4.98 Å². The lowest BCUT2D eigenvalue weighted by atomic mass is 9.82. The van der Waals surface area contributed by atoms with Crippen LogP contribution in [0.1, 0.15) is 30.8 Å². The summed E-state index contributed by atoms with van der Waals surface area (Å²) in [5, 5.41) is 14.7. The smallest absolute Gasteiger partial charge is 0.307 e. The zero-order valence-electron chi connectivity index (χ0n) is 10.6. The maximum Gasteiger partial charge on any atom is 0.307 e. The van der Waals surface area contributed by atoms with Gasteiger partial charge >= 0.3 is 5.97 Å². The van der Waals surface area contributed by atoms with Crippen LogP contribution in [0.15, 0.2) is 23.7 Å². The molecule has 1 unspecified atom stereocenters. The Morgan fingerprint density at radius 2 is 2.11 bits per heavy atom. The maximum absolute atomic E-state index is 12.2. The topological polar surface area (TPSA) is 79.3 Å². The van der Waals surface area contributed by atoms with E-state index in [1.165, 1.54) is 11.3 Å². The Morgan fingerprint density at radius 3 is 2.68 bits per heavy atom. The van der Waals surface area contributed by atoms with E-state index < -0.39 is 17.8 Å². The molecule has 2 rings (SSSR count). The molecule has 0 saturated heterocycles. The van der Waals surface area contributed by atoms with Crippen molar-refractivity contribution in [2.45, 2.75) is 25.8 Å². The summed E-state index contributed by atoms with van der Waals surface area (Å²) in [6.45, 7) is 1.85. The molecule has 19 heavy (non-hydrogen) atoms. The van der Waals surface area contributed by atoms with Crippen molar-refractivity contribution in [2.75, 3.05) is 0 Å². The van der Waals surface area contributed by atoms with E-state index in [1.807, 2.05) is 24.5 Å². The molecule has 1 aliphatic rings. The highest BCUT2D eigenvalue weighted by molar-refractivity contribution is 7.09. The van der Waals surface area contributed by atoms with Gasteiger partial charge in [-0.05, 0) is 19.8 Å². The van der Waals surface area contributed by atoms with Crippen molar-refractivity contribution in [2.24, 2.45) is 11.8 Å². The fourth-order valence-electron chi connectivity index (χ4n) is 2.21. The summed E-state index contributed by atoms with van der Waals surface area (Å²) in [6.07, 6.45) is 6.28. The highest BCUT2D eigenvalue weighted by atomic mass is 32.1. The molecule has 1 heterocycles. The zero-order chi connectivity index (χ0) is 13.8. The molecule has 1 aliphatic carbocycles. The van der Waals surface area contributed by atoms with Crippen molar-refractivity contribution in [3.63, 3.8) is 0 Å². The van der Waals surface area contributed by atoms with Gasteiger partial charge in [0.05, 0.1) is 17.9 Å². The first-order valence-electron chi connectivity index (χ1n) is 6.17. The van der Waals surface area contributed by atoms with Gasteiger partial charge in [0.15, 0.2) is 0 Å². The quantitative estimate of drug-likeness (QED) is 0.827. The molecule has 1 aromatic heterocycles. The number of carboxylic acid groups (broad SMARTS) is 1. The summed E-state index contributed by atoms with van der Waals surface area (Å²) >= 11 is 1.47. The number of aromatic nitrogens is 1. The van der Waals surface area contributed by atoms with Gasteiger partial charge in [-0.2, -0.15) is 0 Å². The Kier molecular flexibility index (Phi) is 4.31. The van der Waals surface area contributed by atoms with Crippen molar-refractivity contribution < 1.29 is 14.7 Å². The largest absolute Gasteiger partial charge is 0.481 e. The van der Waals surface area contributed by atoms with Gasteiger partial charge in [0, 0.05) is 11.6 Å². The minimum atomic E-state index is -0.911. The van der Waals surface area contributed by atoms with Crippen LogP contribution >= 0.6 is 11.3 Å². The molecule has 2 N–H and O–H groups in total. The molecule has 0 saturated carbocycles. The molecule has 0 bridgehead atoms. The number of thiazole rings is 1. The first-order chi connectivity index (χ1) is 9.09. The van der Waals surface area contributed by atoms with Crippen molar-refractivity contribution in [1.29, 1.82) is 0 Å². The van der Waals surface area contributed by atoms with Gasteiger partial charge in [-0.15, -0.1) is 11.3 Å². The number of carbonyl (C=O) groups is 2. The molecule has 0 radical (unpaired) electrons. The fourth-order valence-corrected chi connectivity index (χ4v) is 2.85. The second-order valence-corrected chi connectivity index (χ2v) is 5.52. The molecular weight excluding hydrogens is 264 g/mol. The Hall–Kier alpha value is -1.69. The minimum Gasteiger partial charge on any atom is -0.481 e. The molecule has 0 spiro atoms. The molecule has 0 fully saturated rings. The fraction of sp³-hybridized carbons (Fsp3) is 0.462. The summed E-state index contributed by atoms with van der Waals surface area (Å²) < 4.78 is 0. The standard InChI is InChI=1S/C13H16N2O3S/c1-8(12-14-6-7-19-12)15-11(16)9-4-2-3-5-10(9)13(17)18/h2-3,6-10H,4-5H2,1H3,(H,15,16)(H,17,18)/t8?,9-,10+/m1/s1. The normalized spacial score (nSPS) is 23.8. The first-order valence-corrected chi connectivity index (χ1v) is 7.05. The molecule has 6 heteroatoms. The van der Waals surface area contributed by atoms with Gasteiger partial charge in [0.25, 0.3) is 0 Å². The average molecular weight is 280 g/mol. The van der Waals surface area contributed by atoms with Crippen LogP contribution in [-0.2, 0) is 9.59 Å². The predicted octanol–water partition coefficient (Wildman–Crippen LogP) is 1.99. The van der Waals surface area contributed by atoms with E-state index in [1.54, 1.807) is 6.20 Å². The van der Waals surface area contributed by atoms with Crippen LogP contribution in [0.4, 0.5) is 0 Å². The third-order valence-corrected chi connectivity index (χ3v) is 4.23. The number of nitrogens with zero attached hydrogens (tertiary/aromatic N) is 1. The number of hydrogen-bond acceptors (Lipinski definition) is 4. The molecular formula is C13H16N2O3S. The second-order valence-electron chi connectivity index (χ2n) is 4.59. The van der Waals surface area contributed by atoms with Crippen LogP contribution < -0.4 is 5.32 Å². The van der Waals surface area contributed by atoms with Gasteiger partial charge in [-0.1, -0.05) is 12.2 Å². The molecule has 0 aliphatic heterocycles. The van der Waals surface area contributed by atoms with Crippen LogP contribution in [0.5, 0.6) is 0 Å². The first kappa shape index (κ1) is 13.7. The average Bonchev–Trinajstić information content (AvgIpc) is 2.92. The summed E-state index contributed by atoms with van der Waals surface area (Å²) in [7, 11) is 0. The predicted molar refractivity (Wildman–Crippen MR) is 71.7 cm³/mol. The SMILES string of the molecule is CC(NC(=O)[C@@H]1CC=CC[C@@H]1C(=O)O)c1nccs1. The van der Waals surface area contributed by atoms with Crippen molar-refractivity contribution in [3.05, 3.63) is 28.7 Å². The highest BCUT2D eigenvalue weighted by Crippen LogP contribution is 2.27. The van der Waals surface area contributed by atoms with E-state index in [-0.39, 0.29) is 11.9 Å². The summed E-state index contributed by atoms with van der Waals surface area (Å²) in [4.78, 5) is 27.5. The van der Waals surface area contributed by atoms with E-state index in [4.69, 9.17) is 5.11 Å². The second kappa shape index (κ2) is 5.97. The Morgan fingerprint density at radius 1 is 1.42 bits per heavy atom. The molecule has 0 aromatic carbocycles. The number of aliphatic carboxylic acids is 1. The summed E-state index contributed by atoms with van der Waals surface area (Å²) in [6, 6.07) is -0.187. The number of hydrogen-bond donors (Lipinski definition) is 2. The van der Waals surface area contributed by atoms with E-state index in [0.717, 1.165) is 5.01 Å². The third-order valence-electron chi connectivity index (χ3n) is 3.27. The molecule has 1 amide bonds.